The third-order valence-corrected chi connectivity index (χ3v) is 2.91. The predicted octanol–water partition coefficient (Wildman–Crippen LogP) is 4.65. The molecule has 0 bridgehead atoms. The first-order valence-corrected chi connectivity index (χ1v) is 6.17. The van der Waals surface area contributed by atoms with Crippen molar-refractivity contribution in [3.8, 4) is 0 Å². The first-order chi connectivity index (χ1) is 9.64. The molecule has 0 atom stereocenters. The van der Waals surface area contributed by atoms with Crippen LogP contribution in [0.5, 0.6) is 0 Å². The van der Waals surface area contributed by atoms with Gasteiger partial charge in [-0.1, -0.05) is 20.8 Å². The molecule has 0 saturated heterocycles. The Labute approximate surface area is 122 Å². The van der Waals surface area contributed by atoms with Crippen molar-refractivity contribution in [3.63, 3.8) is 0 Å². The third kappa shape index (κ3) is 4.14. The molecule has 0 amide bonds. The predicted molar refractivity (Wildman–Crippen MR) is 66.5 cm³/mol. The number of carbonyl (C=O) groups is 1. The molecule has 0 heterocycles. The van der Waals surface area contributed by atoms with Crippen LogP contribution in [0.2, 0.25) is 0 Å². The first kappa shape index (κ1) is 18.3. The lowest BCUT2D eigenvalue weighted by Gasteiger charge is -2.29. The van der Waals surface area contributed by atoms with Crippen molar-refractivity contribution in [1.29, 1.82) is 0 Å². The minimum atomic E-state index is -5.02. The molecule has 0 spiro atoms. The molecule has 22 heavy (non-hydrogen) atoms. The summed E-state index contributed by atoms with van der Waals surface area (Å²) in [6.07, 6.45) is -11.0. The Morgan fingerprint density at radius 2 is 1.32 bits per heavy atom. The highest BCUT2D eigenvalue weighted by molar-refractivity contribution is 5.70. The molecule has 1 aromatic carbocycles. The monoisotopic (exact) mass is 328 g/mol. The number of benzene rings is 1. The molecule has 0 aromatic heterocycles. The zero-order chi connectivity index (χ0) is 17.5. The zero-order valence-corrected chi connectivity index (χ0v) is 12.0. The molecule has 0 aliphatic heterocycles. The Balaban J connectivity index is 3.82. The van der Waals surface area contributed by atoms with Crippen molar-refractivity contribution in [3.05, 3.63) is 34.4 Å². The summed E-state index contributed by atoms with van der Waals surface area (Å²) in [5.74, 6) is -1.51. The molecule has 0 unspecified atom stereocenters. The van der Waals surface area contributed by atoms with Gasteiger partial charge in [-0.3, -0.25) is 4.79 Å². The van der Waals surface area contributed by atoms with Crippen molar-refractivity contribution in [2.45, 2.75) is 45.0 Å². The van der Waals surface area contributed by atoms with Crippen molar-refractivity contribution in [1.82, 2.24) is 0 Å². The fourth-order valence-corrected chi connectivity index (χ4v) is 2.23. The Kier molecular flexibility index (Phi) is 4.56. The van der Waals surface area contributed by atoms with Crippen LogP contribution in [0.25, 0.3) is 0 Å². The first-order valence-electron chi connectivity index (χ1n) is 6.17. The number of carboxylic acid groups (broad SMARTS) is 1. The molecule has 0 aliphatic rings. The topological polar surface area (TPSA) is 37.3 Å². The molecule has 2 nitrogen and oxygen atoms in total. The summed E-state index contributed by atoms with van der Waals surface area (Å²) >= 11 is 0. The van der Waals surface area contributed by atoms with E-state index in [0.717, 1.165) is 0 Å². The second-order valence-corrected chi connectivity index (χ2v) is 5.88. The number of halogens is 6. The molecule has 1 N–H and O–H groups in total. The van der Waals surface area contributed by atoms with Gasteiger partial charge in [0.1, 0.15) is 0 Å². The SMILES string of the molecule is CC(C)(C)c1c(C(F)(F)F)cc(CC(=O)O)cc1C(F)(F)F. The average Bonchev–Trinajstić information content (AvgIpc) is 2.22. The number of alkyl halides is 6. The van der Waals surface area contributed by atoms with Crippen LogP contribution in [0.4, 0.5) is 26.3 Å². The van der Waals surface area contributed by atoms with Crippen molar-refractivity contribution in [2.24, 2.45) is 0 Å². The lowest BCUT2D eigenvalue weighted by molar-refractivity contribution is -0.145. The van der Waals surface area contributed by atoms with Crippen molar-refractivity contribution in [2.75, 3.05) is 0 Å². The van der Waals surface area contributed by atoms with Crippen LogP contribution in [-0.2, 0) is 29.0 Å². The van der Waals surface area contributed by atoms with E-state index in [1.165, 1.54) is 20.8 Å². The van der Waals surface area contributed by atoms with E-state index in [-0.39, 0.29) is 0 Å². The maximum absolute atomic E-state index is 13.1. The van der Waals surface area contributed by atoms with E-state index in [9.17, 15) is 31.1 Å². The number of rotatable bonds is 2. The van der Waals surface area contributed by atoms with Crippen LogP contribution in [0.15, 0.2) is 12.1 Å². The van der Waals surface area contributed by atoms with Gasteiger partial charge >= 0.3 is 18.3 Å². The minimum absolute atomic E-state index is 0.476. The molecule has 0 aliphatic carbocycles. The fourth-order valence-electron chi connectivity index (χ4n) is 2.23. The van der Waals surface area contributed by atoms with E-state index >= 15 is 0 Å². The van der Waals surface area contributed by atoms with Crippen LogP contribution < -0.4 is 0 Å². The van der Waals surface area contributed by atoms with Gasteiger partial charge in [0.15, 0.2) is 0 Å². The highest BCUT2D eigenvalue weighted by Gasteiger charge is 2.44. The van der Waals surface area contributed by atoms with Crippen LogP contribution in [0.1, 0.15) is 43.0 Å². The summed E-state index contributed by atoms with van der Waals surface area (Å²) in [6, 6.07) is 0.952. The second kappa shape index (κ2) is 5.48. The number of hydrogen-bond acceptors (Lipinski definition) is 1. The van der Waals surface area contributed by atoms with E-state index in [1.54, 1.807) is 0 Å². The summed E-state index contributed by atoms with van der Waals surface area (Å²) in [4.78, 5) is 10.6. The Morgan fingerprint density at radius 1 is 0.955 bits per heavy atom. The molecular weight excluding hydrogens is 314 g/mol. The maximum atomic E-state index is 13.1. The smallest absolute Gasteiger partial charge is 0.416 e. The molecule has 1 rings (SSSR count). The van der Waals surface area contributed by atoms with Crippen LogP contribution >= 0.6 is 0 Å². The minimum Gasteiger partial charge on any atom is -0.481 e. The fraction of sp³-hybridized carbons (Fsp3) is 0.500. The van der Waals surface area contributed by atoms with E-state index in [2.05, 4.69) is 0 Å². The van der Waals surface area contributed by atoms with Gasteiger partial charge in [-0.15, -0.1) is 0 Å². The average molecular weight is 328 g/mol. The Hall–Kier alpha value is -1.73. The highest BCUT2D eigenvalue weighted by Crippen LogP contribution is 2.45. The largest absolute Gasteiger partial charge is 0.481 e. The quantitative estimate of drug-likeness (QED) is 0.803. The standard InChI is InChI=1S/C14H14F6O2/c1-12(2,3)11-8(13(15,16)17)4-7(6-10(21)22)5-9(11)14(18,19)20/h4-5H,6H2,1-3H3,(H,21,22). The lowest BCUT2D eigenvalue weighted by atomic mass is 9.79. The van der Waals surface area contributed by atoms with E-state index in [4.69, 9.17) is 5.11 Å². The van der Waals surface area contributed by atoms with Gasteiger partial charge in [-0.05, 0) is 28.7 Å². The number of hydrogen-bond donors (Lipinski definition) is 1. The summed E-state index contributed by atoms with van der Waals surface area (Å²) in [7, 11) is 0. The lowest BCUT2D eigenvalue weighted by Crippen LogP contribution is -2.26. The highest BCUT2D eigenvalue weighted by atomic mass is 19.4. The van der Waals surface area contributed by atoms with Gasteiger partial charge in [0.25, 0.3) is 0 Å². The Bertz CT molecular complexity index is 543. The van der Waals surface area contributed by atoms with Gasteiger partial charge < -0.3 is 5.11 Å². The molecular formula is C14H14F6O2. The van der Waals surface area contributed by atoms with Gasteiger partial charge in [0.2, 0.25) is 0 Å². The van der Waals surface area contributed by atoms with Crippen molar-refractivity contribution < 1.29 is 36.2 Å². The molecule has 0 radical (unpaired) electrons. The molecule has 124 valence electrons. The van der Waals surface area contributed by atoms with Crippen molar-refractivity contribution >= 4 is 5.97 Å². The van der Waals surface area contributed by atoms with E-state index in [0.29, 0.717) is 12.1 Å². The van der Waals surface area contributed by atoms with Crippen LogP contribution in [0, 0.1) is 0 Å². The summed E-state index contributed by atoms with van der Waals surface area (Å²) in [5, 5.41) is 8.62. The third-order valence-electron chi connectivity index (χ3n) is 2.91. The Morgan fingerprint density at radius 3 is 1.55 bits per heavy atom. The van der Waals surface area contributed by atoms with Crippen LogP contribution in [-0.4, -0.2) is 11.1 Å². The maximum Gasteiger partial charge on any atom is 0.416 e. The van der Waals surface area contributed by atoms with Crippen LogP contribution in [0.3, 0.4) is 0 Å². The molecule has 1 aromatic rings. The number of aliphatic carboxylic acids is 1. The van der Waals surface area contributed by atoms with Gasteiger partial charge in [-0.2, -0.15) is 26.3 Å². The van der Waals surface area contributed by atoms with Gasteiger partial charge in [0.05, 0.1) is 17.5 Å². The summed E-state index contributed by atoms with van der Waals surface area (Å²) in [6.45, 7) is 3.72. The molecule has 8 heteroatoms. The van der Waals surface area contributed by atoms with E-state index < -0.39 is 52.4 Å². The van der Waals surface area contributed by atoms with Gasteiger partial charge in [0, 0.05) is 0 Å². The second-order valence-electron chi connectivity index (χ2n) is 5.88. The van der Waals surface area contributed by atoms with Gasteiger partial charge in [-0.25, -0.2) is 0 Å². The zero-order valence-electron chi connectivity index (χ0n) is 12.0. The molecule has 0 fully saturated rings. The number of carboxylic acids is 1. The summed E-state index contributed by atoms with van der Waals surface area (Å²) in [5.41, 5.74) is -5.75. The van der Waals surface area contributed by atoms with E-state index in [1.807, 2.05) is 0 Å². The normalized spacial score (nSPS) is 13.3. The molecule has 0 saturated carbocycles. The summed E-state index contributed by atoms with van der Waals surface area (Å²) < 4.78 is 78.9.